The zero-order valence-corrected chi connectivity index (χ0v) is 16.6. The van der Waals surface area contributed by atoms with Gasteiger partial charge in [-0.25, -0.2) is 4.79 Å². The van der Waals surface area contributed by atoms with Crippen molar-refractivity contribution in [1.82, 2.24) is 4.90 Å². The highest BCUT2D eigenvalue weighted by atomic mass is 16.6. The van der Waals surface area contributed by atoms with Crippen molar-refractivity contribution in [3.05, 3.63) is 48.0 Å². The number of unbranched alkanes of at least 4 members (excludes halogenated alkanes) is 1. The maximum Gasteiger partial charge on any atom is 0.411 e. The Labute approximate surface area is 158 Å². The van der Waals surface area contributed by atoms with Crippen molar-refractivity contribution >= 4 is 6.09 Å². The first-order chi connectivity index (χ1) is 12.4. The second kappa shape index (κ2) is 9.77. The van der Waals surface area contributed by atoms with E-state index < -0.39 is 5.60 Å². The summed E-state index contributed by atoms with van der Waals surface area (Å²) in [6.45, 7) is 9.19. The minimum Gasteiger partial charge on any atom is -0.444 e. The van der Waals surface area contributed by atoms with Crippen LogP contribution in [0.3, 0.4) is 0 Å². The van der Waals surface area contributed by atoms with Gasteiger partial charge in [-0.15, -0.1) is 0 Å². The Bertz CT molecular complexity index is 577. The molecule has 0 radical (unpaired) electrons. The van der Waals surface area contributed by atoms with E-state index in [9.17, 15) is 4.79 Å². The van der Waals surface area contributed by atoms with Gasteiger partial charge in [0, 0.05) is 12.6 Å². The molecular formula is C22H33NO3. The summed E-state index contributed by atoms with van der Waals surface area (Å²) in [6, 6.07) is 10.5. The van der Waals surface area contributed by atoms with Gasteiger partial charge in [0.1, 0.15) is 5.60 Å². The first kappa shape index (κ1) is 20.5. The van der Waals surface area contributed by atoms with Crippen molar-refractivity contribution in [2.24, 2.45) is 0 Å². The average molecular weight is 360 g/mol. The van der Waals surface area contributed by atoms with E-state index in [0.717, 1.165) is 32.3 Å². The van der Waals surface area contributed by atoms with Gasteiger partial charge in [-0.05, 0) is 58.9 Å². The molecule has 1 aliphatic heterocycles. The smallest absolute Gasteiger partial charge is 0.411 e. The summed E-state index contributed by atoms with van der Waals surface area (Å²) in [5.41, 5.74) is 0.739. The normalized spacial score (nSPS) is 20.2. The van der Waals surface area contributed by atoms with E-state index >= 15 is 0 Å². The number of ether oxygens (including phenoxy) is 2. The summed E-state index contributed by atoms with van der Waals surface area (Å²) >= 11 is 0. The fourth-order valence-corrected chi connectivity index (χ4v) is 3.21. The lowest BCUT2D eigenvalue weighted by atomic mass is 9.99. The summed E-state index contributed by atoms with van der Waals surface area (Å²) in [6.07, 6.45) is 7.98. The molecule has 2 atom stereocenters. The van der Waals surface area contributed by atoms with Crippen molar-refractivity contribution in [2.75, 3.05) is 6.61 Å². The van der Waals surface area contributed by atoms with E-state index in [1.807, 2.05) is 43.9 Å². The lowest BCUT2D eigenvalue weighted by Crippen LogP contribution is -2.49. The predicted molar refractivity (Wildman–Crippen MR) is 105 cm³/mol. The van der Waals surface area contributed by atoms with Gasteiger partial charge < -0.3 is 9.47 Å². The molecule has 0 aliphatic carbocycles. The van der Waals surface area contributed by atoms with Crippen LogP contribution in [0.2, 0.25) is 0 Å². The van der Waals surface area contributed by atoms with Crippen LogP contribution in [-0.4, -0.2) is 35.3 Å². The van der Waals surface area contributed by atoms with E-state index in [1.165, 1.54) is 5.56 Å². The summed E-state index contributed by atoms with van der Waals surface area (Å²) in [5.74, 6) is 0. The zero-order valence-electron chi connectivity index (χ0n) is 16.6. The van der Waals surface area contributed by atoms with E-state index in [2.05, 4.69) is 31.2 Å². The van der Waals surface area contributed by atoms with Crippen LogP contribution in [0.1, 0.15) is 58.9 Å². The summed E-state index contributed by atoms with van der Waals surface area (Å²) < 4.78 is 11.4. The maximum absolute atomic E-state index is 12.6. The molecule has 1 amide bonds. The molecule has 0 saturated heterocycles. The van der Waals surface area contributed by atoms with E-state index in [4.69, 9.17) is 9.47 Å². The van der Waals surface area contributed by atoms with Crippen molar-refractivity contribution < 1.29 is 14.3 Å². The average Bonchev–Trinajstić information content (AvgIpc) is 2.57. The van der Waals surface area contributed by atoms with Crippen LogP contribution in [0.4, 0.5) is 4.79 Å². The molecule has 144 valence electrons. The summed E-state index contributed by atoms with van der Waals surface area (Å²) in [7, 11) is 0. The van der Waals surface area contributed by atoms with Gasteiger partial charge >= 0.3 is 6.09 Å². The van der Waals surface area contributed by atoms with E-state index in [0.29, 0.717) is 6.61 Å². The molecule has 0 spiro atoms. The number of nitrogens with zero attached hydrogens (tertiary/aromatic N) is 1. The van der Waals surface area contributed by atoms with Gasteiger partial charge in [-0.2, -0.15) is 0 Å². The Hall–Kier alpha value is -1.81. The molecule has 0 bridgehead atoms. The molecule has 0 saturated carbocycles. The number of benzene rings is 1. The first-order valence-electron chi connectivity index (χ1n) is 9.66. The lowest BCUT2D eigenvalue weighted by molar-refractivity contribution is 0.00835. The van der Waals surface area contributed by atoms with Gasteiger partial charge in [-0.3, -0.25) is 4.90 Å². The predicted octanol–water partition coefficient (Wildman–Crippen LogP) is 5.33. The van der Waals surface area contributed by atoms with Gasteiger partial charge in [0.05, 0.1) is 12.6 Å². The topological polar surface area (TPSA) is 38.8 Å². The third kappa shape index (κ3) is 6.83. The number of rotatable bonds is 7. The van der Waals surface area contributed by atoms with Crippen LogP contribution < -0.4 is 0 Å². The first-order valence-corrected chi connectivity index (χ1v) is 9.66. The molecule has 1 aliphatic rings. The Balaban J connectivity index is 1.74. The number of amides is 1. The number of hydrogen-bond acceptors (Lipinski definition) is 3. The lowest BCUT2D eigenvalue weighted by Gasteiger charge is -2.38. The largest absolute Gasteiger partial charge is 0.444 e. The minimum atomic E-state index is -0.464. The van der Waals surface area contributed by atoms with E-state index in [-0.39, 0.29) is 18.2 Å². The van der Waals surface area contributed by atoms with Crippen LogP contribution in [0, 0.1) is 0 Å². The third-order valence-corrected chi connectivity index (χ3v) is 4.45. The molecular weight excluding hydrogens is 326 g/mol. The van der Waals surface area contributed by atoms with Crippen LogP contribution in [0.15, 0.2) is 42.5 Å². The molecule has 0 fully saturated rings. The summed E-state index contributed by atoms with van der Waals surface area (Å²) in [4.78, 5) is 14.5. The van der Waals surface area contributed by atoms with Crippen molar-refractivity contribution in [2.45, 2.75) is 77.7 Å². The highest BCUT2D eigenvalue weighted by Crippen LogP contribution is 2.24. The van der Waals surface area contributed by atoms with Gasteiger partial charge in [-0.1, -0.05) is 42.5 Å². The SMILES string of the molecule is C[C@H]1C=CC[C@H](CCCCOCc2ccccc2)N1C(=O)OC(C)(C)C. The Morgan fingerprint density at radius 1 is 1.19 bits per heavy atom. The molecule has 2 rings (SSSR count). The fraction of sp³-hybridized carbons (Fsp3) is 0.591. The van der Waals surface area contributed by atoms with Crippen molar-refractivity contribution in [1.29, 1.82) is 0 Å². The molecule has 4 heteroatoms. The number of carbonyl (C=O) groups excluding carboxylic acids is 1. The molecule has 1 aromatic rings. The molecule has 0 aromatic heterocycles. The molecule has 0 unspecified atom stereocenters. The van der Waals surface area contributed by atoms with Crippen molar-refractivity contribution in [3.8, 4) is 0 Å². The van der Waals surface area contributed by atoms with Crippen LogP contribution in [-0.2, 0) is 16.1 Å². The number of hydrogen-bond donors (Lipinski definition) is 0. The Morgan fingerprint density at radius 2 is 1.92 bits per heavy atom. The van der Waals surface area contributed by atoms with E-state index in [1.54, 1.807) is 0 Å². The second-order valence-electron chi connectivity index (χ2n) is 7.98. The molecule has 0 N–H and O–H groups in total. The Morgan fingerprint density at radius 3 is 2.62 bits per heavy atom. The van der Waals surface area contributed by atoms with Crippen molar-refractivity contribution in [3.63, 3.8) is 0 Å². The van der Waals surface area contributed by atoms with Gasteiger partial charge in [0.2, 0.25) is 0 Å². The third-order valence-electron chi connectivity index (χ3n) is 4.45. The van der Waals surface area contributed by atoms with Crippen LogP contribution in [0.5, 0.6) is 0 Å². The second-order valence-corrected chi connectivity index (χ2v) is 7.98. The fourth-order valence-electron chi connectivity index (χ4n) is 3.21. The van der Waals surface area contributed by atoms with Crippen LogP contribution >= 0.6 is 0 Å². The van der Waals surface area contributed by atoms with Crippen LogP contribution in [0.25, 0.3) is 0 Å². The summed E-state index contributed by atoms with van der Waals surface area (Å²) in [5, 5.41) is 0. The highest BCUT2D eigenvalue weighted by Gasteiger charge is 2.32. The zero-order chi connectivity index (χ0) is 19.0. The molecule has 1 heterocycles. The molecule has 4 nitrogen and oxygen atoms in total. The quantitative estimate of drug-likeness (QED) is 0.488. The Kier molecular flexibility index (Phi) is 7.70. The molecule has 1 aromatic carbocycles. The molecule has 26 heavy (non-hydrogen) atoms. The minimum absolute atomic E-state index is 0.0814. The standard InChI is InChI=1S/C22H33NO3/c1-18-11-10-15-20(23(18)21(24)26-22(2,3)4)14-8-9-16-25-17-19-12-6-5-7-13-19/h5-7,10-13,18,20H,8-9,14-17H2,1-4H3/t18-,20-/m0/s1. The monoisotopic (exact) mass is 359 g/mol. The highest BCUT2D eigenvalue weighted by molar-refractivity contribution is 5.69. The number of carbonyl (C=O) groups is 1. The maximum atomic E-state index is 12.6. The van der Waals surface area contributed by atoms with Gasteiger partial charge in [0.15, 0.2) is 0 Å². The van der Waals surface area contributed by atoms with Gasteiger partial charge in [0.25, 0.3) is 0 Å².